The summed E-state index contributed by atoms with van der Waals surface area (Å²) in [6, 6.07) is 6.79. The molecule has 1 aliphatic rings. The van der Waals surface area contributed by atoms with E-state index in [1.54, 1.807) is 23.9 Å². The fraction of sp³-hybridized carbons (Fsp3) is 0.222. The molecule has 1 unspecified atom stereocenters. The first-order chi connectivity index (χ1) is 6.25. The highest BCUT2D eigenvalue weighted by Crippen LogP contribution is 2.25. The van der Waals surface area contributed by atoms with E-state index >= 15 is 0 Å². The smallest absolute Gasteiger partial charge is 0.134 e. The lowest BCUT2D eigenvalue weighted by atomic mass is 10.1. The molecule has 1 atom stereocenters. The lowest BCUT2D eigenvalue weighted by Crippen LogP contribution is -2.17. The molecular weight excluding hydrogens is 205 g/mol. The molecule has 0 aromatic heterocycles. The first-order valence-corrected chi connectivity index (χ1v) is 5.34. The molecule has 1 heterocycles. The predicted molar refractivity (Wildman–Crippen MR) is 57.3 cm³/mol. The summed E-state index contributed by atoms with van der Waals surface area (Å²) in [5.74, 6) is 0.738. The number of thioether (sulfide) groups is 1. The van der Waals surface area contributed by atoms with Crippen LogP contribution in [-0.2, 0) is 0 Å². The van der Waals surface area contributed by atoms with Crippen molar-refractivity contribution >= 4 is 28.3 Å². The van der Waals surface area contributed by atoms with Crippen LogP contribution in [0, 0.1) is 5.82 Å². The van der Waals surface area contributed by atoms with E-state index in [2.05, 4.69) is 5.32 Å². The van der Waals surface area contributed by atoms with Crippen LogP contribution in [-0.4, -0.2) is 10.1 Å². The second-order valence-corrected chi connectivity index (χ2v) is 4.54. The van der Waals surface area contributed by atoms with Crippen LogP contribution in [0.4, 0.5) is 4.39 Å². The van der Waals surface area contributed by atoms with Crippen LogP contribution in [0.3, 0.4) is 0 Å². The van der Waals surface area contributed by atoms with E-state index in [4.69, 9.17) is 12.2 Å². The van der Waals surface area contributed by atoms with Crippen molar-refractivity contribution in [3.63, 3.8) is 0 Å². The van der Waals surface area contributed by atoms with Gasteiger partial charge in [0.15, 0.2) is 0 Å². The molecule has 1 fully saturated rings. The molecule has 13 heavy (non-hydrogen) atoms. The van der Waals surface area contributed by atoms with Gasteiger partial charge >= 0.3 is 0 Å². The summed E-state index contributed by atoms with van der Waals surface area (Å²) in [6.07, 6.45) is 0. The normalized spacial score (nSPS) is 21.6. The molecule has 2 rings (SSSR count). The second kappa shape index (κ2) is 3.64. The number of nitrogens with one attached hydrogen (secondary N) is 1. The van der Waals surface area contributed by atoms with Crippen LogP contribution in [0.1, 0.15) is 11.6 Å². The van der Waals surface area contributed by atoms with E-state index in [0.29, 0.717) is 0 Å². The Balaban J connectivity index is 2.17. The predicted octanol–water partition coefficient (Wildman–Crippen LogP) is 2.49. The maximum Gasteiger partial charge on any atom is 0.134 e. The highest BCUT2D eigenvalue weighted by Gasteiger charge is 2.19. The summed E-state index contributed by atoms with van der Waals surface area (Å²) in [4.78, 5) is 0. The number of rotatable bonds is 1. The quantitative estimate of drug-likeness (QED) is 0.720. The van der Waals surface area contributed by atoms with Gasteiger partial charge in [0.1, 0.15) is 10.1 Å². The molecule has 4 heteroatoms. The topological polar surface area (TPSA) is 12.0 Å². The van der Waals surface area contributed by atoms with Gasteiger partial charge in [-0.2, -0.15) is 0 Å². The minimum atomic E-state index is -0.197. The highest BCUT2D eigenvalue weighted by molar-refractivity contribution is 8.23. The van der Waals surface area contributed by atoms with Crippen molar-refractivity contribution in [1.29, 1.82) is 0 Å². The molecule has 68 valence electrons. The van der Waals surface area contributed by atoms with E-state index in [-0.39, 0.29) is 11.9 Å². The summed E-state index contributed by atoms with van der Waals surface area (Å²) >= 11 is 6.63. The zero-order valence-corrected chi connectivity index (χ0v) is 8.42. The van der Waals surface area contributed by atoms with Crippen molar-refractivity contribution in [2.24, 2.45) is 0 Å². The Bertz CT molecular complexity index is 323. The van der Waals surface area contributed by atoms with Gasteiger partial charge in [0, 0.05) is 5.75 Å². The van der Waals surface area contributed by atoms with Crippen LogP contribution in [0.5, 0.6) is 0 Å². The Labute approximate surface area is 85.7 Å². The molecule has 0 amide bonds. The summed E-state index contributed by atoms with van der Waals surface area (Å²) in [7, 11) is 0. The average molecular weight is 213 g/mol. The first-order valence-electron chi connectivity index (χ1n) is 3.94. The summed E-state index contributed by atoms with van der Waals surface area (Å²) < 4.78 is 13.4. The Kier molecular flexibility index (Phi) is 2.51. The molecule has 0 radical (unpaired) electrons. The van der Waals surface area contributed by atoms with Crippen molar-refractivity contribution in [2.45, 2.75) is 6.04 Å². The summed E-state index contributed by atoms with van der Waals surface area (Å²) in [5, 5.41) is 3.16. The van der Waals surface area contributed by atoms with Crippen LogP contribution in [0.25, 0.3) is 0 Å². The minimum absolute atomic E-state index is 0.197. The van der Waals surface area contributed by atoms with Gasteiger partial charge in [-0.25, -0.2) is 4.39 Å². The lowest BCUT2D eigenvalue weighted by molar-refractivity contribution is 0.625. The van der Waals surface area contributed by atoms with Gasteiger partial charge in [0.2, 0.25) is 0 Å². The van der Waals surface area contributed by atoms with Gasteiger partial charge in [0.05, 0.1) is 6.04 Å². The largest absolute Gasteiger partial charge is 0.363 e. The maximum absolute atomic E-state index is 12.6. The zero-order chi connectivity index (χ0) is 9.26. The number of hydrogen-bond acceptors (Lipinski definition) is 2. The third-order valence-electron chi connectivity index (χ3n) is 1.95. The number of halogens is 1. The number of thiocarbonyl (C=S) groups is 1. The monoisotopic (exact) mass is 213 g/mol. The van der Waals surface area contributed by atoms with E-state index in [1.807, 2.05) is 0 Å². The van der Waals surface area contributed by atoms with E-state index in [9.17, 15) is 4.39 Å². The van der Waals surface area contributed by atoms with Crippen molar-refractivity contribution in [1.82, 2.24) is 5.32 Å². The summed E-state index contributed by atoms with van der Waals surface area (Å²) in [5.41, 5.74) is 1.09. The van der Waals surface area contributed by atoms with E-state index in [1.165, 1.54) is 12.1 Å². The minimum Gasteiger partial charge on any atom is -0.363 e. The van der Waals surface area contributed by atoms with Gasteiger partial charge in [0.25, 0.3) is 0 Å². The molecule has 0 spiro atoms. The molecule has 1 nitrogen and oxygen atoms in total. The highest BCUT2D eigenvalue weighted by atomic mass is 32.2. The first kappa shape index (κ1) is 8.97. The fourth-order valence-corrected chi connectivity index (χ4v) is 2.43. The standard InChI is InChI=1S/C9H8FNS2/c10-7-3-1-6(2-4-7)8-5-13-9(12)11-8/h1-4,8H,5H2,(H,11,12). The van der Waals surface area contributed by atoms with E-state index in [0.717, 1.165) is 15.6 Å². The maximum atomic E-state index is 12.6. The van der Waals surface area contributed by atoms with Crippen molar-refractivity contribution in [3.8, 4) is 0 Å². The molecule has 1 aliphatic heterocycles. The van der Waals surface area contributed by atoms with Gasteiger partial charge in [-0.3, -0.25) is 0 Å². The van der Waals surface area contributed by atoms with Gasteiger partial charge < -0.3 is 5.32 Å². The van der Waals surface area contributed by atoms with Crippen molar-refractivity contribution < 1.29 is 4.39 Å². The Morgan fingerprint density at radius 2 is 2.08 bits per heavy atom. The van der Waals surface area contributed by atoms with Crippen LogP contribution < -0.4 is 5.32 Å². The number of benzene rings is 1. The molecule has 0 saturated carbocycles. The van der Waals surface area contributed by atoms with Gasteiger partial charge in [-0.1, -0.05) is 36.1 Å². The van der Waals surface area contributed by atoms with Gasteiger partial charge in [-0.05, 0) is 17.7 Å². The SMILES string of the molecule is Fc1ccc(C2CSC(=S)N2)cc1. The lowest BCUT2D eigenvalue weighted by Gasteiger charge is -2.09. The van der Waals surface area contributed by atoms with Crippen LogP contribution in [0.2, 0.25) is 0 Å². The molecule has 0 bridgehead atoms. The third kappa shape index (κ3) is 2.00. The van der Waals surface area contributed by atoms with Crippen molar-refractivity contribution in [3.05, 3.63) is 35.6 Å². The Morgan fingerprint density at radius 3 is 2.62 bits per heavy atom. The Morgan fingerprint density at radius 1 is 1.38 bits per heavy atom. The second-order valence-electron chi connectivity index (χ2n) is 2.85. The zero-order valence-electron chi connectivity index (χ0n) is 6.79. The molecule has 1 aromatic rings. The fourth-order valence-electron chi connectivity index (χ4n) is 1.26. The van der Waals surface area contributed by atoms with Crippen LogP contribution >= 0.6 is 24.0 Å². The van der Waals surface area contributed by atoms with Gasteiger partial charge in [-0.15, -0.1) is 0 Å². The molecule has 1 aromatic carbocycles. The summed E-state index contributed by atoms with van der Waals surface area (Å²) in [6.45, 7) is 0. The molecular formula is C9H8FNS2. The van der Waals surface area contributed by atoms with E-state index < -0.39 is 0 Å². The molecule has 1 saturated heterocycles. The molecule has 1 N–H and O–H groups in total. The third-order valence-corrected chi connectivity index (χ3v) is 3.30. The Hall–Kier alpha value is -0.610. The number of hydrogen-bond donors (Lipinski definition) is 1. The van der Waals surface area contributed by atoms with Crippen molar-refractivity contribution in [2.75, 3.05) is 5.75 Å². The molecule has 0 aliphatic carbocycles. The average Bonchev–Trinajstić information content (AvgIpc) is 2.53. The van der Waals surface area contributed by atoms with Crippen LogP contribution in [0.15, 0.2) is 24.3 Å².